The van der Waals surface area contributed by atoms with E-state index in [9.17, 15) is 5.11 Å². The lowest BCUT2D eigenvalue weighted by atomic mass is 9.94. The van der Waals surface area contributed by atoms with Crippen molar-refractivity contribution in [2.45, 2.75) is 53.5 Å². The predicted molar refractivity (Wildman–Crippen MR) is 116 cm³/mol. The maximum atomic E-state index is 9.30. The second kappa shape index (κ2) is 14.1. The third-order valence-electron chi connectivity index (χ3n) is 4.35. The molecule has 160 valence electrons. The molecule has 0 radical (unpaired) electrons. The van der Waals surface area contributed by atoms with Crippen LogP contribution in [0.3, 0.4) is 0 Å². The van der Waals surface area contributed by atoms with Gasteiger partial charge in [0.05, 0.1) is 20.3 Å². The second-order valence-corrected chi connectivity index (χ2v) is 7.42. The lowest BCUT2D eigenvalue weighted by Gasteiger charge is -2.20. The molecule has 0 saturated heterocycles. The van der Waals surface area contributed by atoms with Gasteiger partial charge in [-0.2, -0.15) is 0 Å². The summed E-state index contributed by atoms with van der Waals surface area (Å²) >= 11 is 0. The Kier molecular flexibility index (Phi) is 12.1. The van der Waals surface area contributed by atoms with Gasteiger partial charge in [0.1, 0.15) is 0 Å². The van der Waals surface area contributed by atoms with Crippen LogP contribution in [0.25, 0.3) is 0 Å². The first-order valence-corrected chi connectivity index (χ1v) is 10.5. The summed E-state index contributed by atoms with van der Waals surface area (Å²) in [5.41, 5.74) is 1.06. The third-order valence-corrected chi connectivity index (χ3v) is 4.35. The lowest BCUT2D eigenvalue weighted by molar-refractivity contribution is 0.243. The van der Waals surface area contributed by atoms with Gasteiger partial charge in [0, 0.05) is 19.7 Å². The maximum Gasteiger partial charge on any atom is 0.191 e. The Morgan fingerprint density at radius 3 is 2.57 bits per heavy atom. The molecule has 0 heterocycles. The second-order valence-electron chi connectivity index (χ2n) is 7.42. The number of hydrogen-bond donors (Lipinski definition) is 3. The number of benzene rings is 1. The highest BCUT2D eigenvalue weighted by atomic mass is 16.5. The molecule has 6 nitrogen and oxygen atoms in total. The molecule has 0 bridgehead atoms. The fraction of sp³-hybridized carbons (Fsp3) is 0.682. The molecule has 3 N–H and O–H groups in total. The van der Waals surface area contributed by atoms with Crippen LogP contribution in [0.1, 0.15) is 52.5 Å². The first kappa shape index (κ1) is 24.1. The molecule has 0 aliphatic carbocycles. The van der Waals surface area contributed by atoms with Gasteiger partial charge in [-0.3, -0.25) is 0 Å². The van der Waals surface area contributed by atoms with Gasteiger partial charge in [-0.15, -0.1) is 0 Å². The van der Waals surface area contributed by atoms with Crippen molar-refractivity contribution in [3.8, 4) is 11.5 Å². The van der Waals surface area contributed by atoms with Gasteiger partial charge in [0.2, 0.25) is 0 Å². The number of aliphatic hydroxyl groups excluding tert-OH is 1. The topological polar surface area (TPSA) is 75.1 Å². The standard InChI is InChI=1S/C22H39N3O3/c1-6-12-28-20-9-8-18(14-21(20)27-5)15-24-22(23-7-2)25-16-19(10-11-26)13-17(3)4/h8-9,14,17,19,26H,6-7,10-13,15-16H2,1-5H3,(H2,23,24,25). The van der Waals surface area contributed by atoms with E-state index >= 15 is 0 Å². The zero-order chi connectivity index (χ0) is 20.8. The summed E-state index contributed by atoms with van der Waals surface area (Å²) in [5.74, 6) is 3.34. The minimum atomic E-state index is 0.221. The molecule has 0 aliphatic rings. The molecule has 0 spiro atoms. The molecule has 1 unspecified atom stereocenters. The first-order chi connectivity index (χ1) is 13.5. The lowest BCUT2D eigenvalue weighted by Crippen LogP contribution is -2.40. The minimum Gasteiger partial charge on any atom is -0.493 e. The van der Waals surface area contributed by atoms with E-state index in [0.29, 0.717) is 25.0 Å². The van der Waals surface area contributed by atoms with E-state index in [4.69, 9.17) is 14.5 Å². The largest absolute Gasteiger partial charge is 0.493 e. The van der Waals surface area contributed by atoms with E-state index < -0.39 is 0 Å². The number of guanidine groups is 1. The van der Waals surface area contributed by atoms with E-state index in [-0.39, 0.29) is 6.61 Å². The Bertz CT molecular complexity index is 576. The van der Waals surface area contributed by atoms with Crippen LogP contribution in [0.4, 0.5) is 0 Å². The fourth-order valence-corrected chi connectivity index (χ4v) is 3.05. The number of aliphatic hydroxyl groups is 1. The highest BCUT2D eigenvalue weighted by Crippen LogP contribution is 2.28. The molecule has 1 aromatic rings. The normalized spacial score (nSPS) is 12.8. The highest BCUT2D eigenvalue weighted by molar-refractivity contribution is 5.79. The summed E-state index contributed by atoms with van der Waals surface area (Å²) in [7, 11) is 1.66. The molecule has 6 heteroatoms. The van der Waals surface area contributed by atoms with Crippen LogP contribution in [-0.4, -0.2) is 44.5 Å². The van der Waals surface area contributed by atoms with Crippen LogP contribution < -0.4 is 20.1 Å². The Labute approximate surface area is 170 Å². The summed E-state index contributed by atoms with van der Waals surface area (Å²) < 4.78 is 11.2. The van der Waals surface area contributed by atoms with Gasteiger partial charge in [0.15, 0.2) is 17.5 Å². The van der Waals surface area contributed by atoms with E-state index in [1.165, 1.54) is 0 Å². The maximum absolute atomic E-state index is 9.30. The molecule has 1 aromatic carbocycles. The molecule has 0 aromatic heterocycles. The summed E-state index contributed by atoms with van der Waals surface area (Å²) in [5, 5.41) is 16.0. The minimum absolute atomic E-state index is 0.221. The molecule has 0 saturated carbocycles. The van der Waals surface area contributed by atoms with Crippen LogP contribution in [0.5, 0.6) is 11.5 Å². The smallest absolute Gasteiger partial charge is 0.191 e. The number of hydrogen-bond acceptors (Lipinski definition) is 4. The van der Waals surface area contributed by atoms with E-state index in [1.807, 2.05) is 18.2 Å². The SMILES string of the molecule is CCCOc1ccc(CN=C(NCC)NCC(CCO)CC(C)C)cc1OC. The summed E-state index contributed by atoms with van der Waals surface area (Å²) in [6.45, 7) is 11.6. The van der Waals surface area contributed by atoms with Crippen molar-refractivity contribution in [3.05, 3.63) is 23.8 Å². The number of aliphatic imine (C=N–C) groups is 1. The van der Waals surface area contributed by atoms with E-state index in [0.717, 1.165) is 55.4 Å². The molecule has 0 fully saturated rings. The number of methoxy groups -OCH3 is 1. The van der Waals surface area contributed by atoms with Crippen LogP contribution in [0, 0.1) is 11.8 Å². The Hall–Kier alpha value is -1.95. The van der Waals surface area contributed by atoms with Crippen LogP contribution in [-0.2, 0) is 6.54 Å². The Balaban J connectivity index is 2.74. The number of nitrogens with one attached hydrogen (secondary N) is 2. The van der Waals surface area contributed by atoms with Crippen molar-refractivity contribution >= 4 is 5.96 Å². The highest BCUT2D eigenvalue weighted by Gasteiger charge is 2.11. The fourth-order valence-electron chi connectivity index (χ4n) is 3.05. The van der Waals surface area contributed by atoms with Crippen molar-refractivity contribution in [2.24, 2.45) is 16.8 Å². The molecule has 28 heavy (non-hydrogen) atoms. The van der Waals surface area contributed by atoms with Crippen LogP contribution in [0.2, 0.25) is 0 Å². The van der Waals surface area contributed by atoms with Gasteiger partial charge >= 0.3 is 0 Å². The van der Waals surface area contributed by atoms with Gasteiger partial charge in [-0.1, -0.05) is 26.8 Å². The van der Waals surface area contributed by atoms with Crippen molar-refractivity contribution < 1.29 is 14.6 Å². The van der Waals surface area contributed by atoms with E-state index in [1.54, 1.807) is 7.11 Å². The monoisotopic (exact) mass is 393 g/mol. The molecular weight excluding hydrogens is 354 g/mol. The third kappa shape index (κ3) is 9.31. The van der Waals surface area contributed by atoms with Gasteiger partial charge in [-0.05, 0) is 55.7 Å². The Morgan fingerprint density at radius 1 is 1.18 bits per heavy atom. The number of nitrogens with zero attached hydrogens (tertiary/aromatic N) is 1. The predicted octanol–water partition coefficient (Wildman–Crippen LogP) is 3.58. The van der Waals surface area contributed by atoms with E-state index in [2.05, 4.69) is 38.3 Å². The Morgan fingerprint density at radius 2 is 1.96 bits per heavy atom. The number of rotatable bonds is 13. The van der Waals surface area contributed by atoms with Crippen molar-refractivity contribution in [3.63, 3.8) is 0 Å². The number of ether oxygens (including phenoxy) is 2. The van der Waals surface area contributed by atoms with Gasteiger partial charge in [-0.25, -0.2) is 4.99 Å². The molecular formula is C22H39N3O3. The van der Waals surface area contributed by atoms with Crippen molar-refractivity contribution in [1.82, 2.24) is 10.6 Å². The quantitative estimate of drug-likeness (QED) is 0.353. The summed E-state index contributed by atoms with van der Waals surface area (Å²) in [4.78, 5) is 4.70. The average Bonchev–Trinajstić information content (AvgIpc) is 2.68. The average molecular weight is 394 g/mol. The van der Waals surface area contributed by atoms with Gasteiger partial charge < -0.3 is 25.2 Å². The zero-order valence-electron chi connectivity index (χ0n) is 18.3. The van der Waals surface area contributed by atoms with Crippen molar-refractivity contribution in [2.75, 3.05) is 33.4 Å². The van der Waals surface area contributed by atoms with Crippen molar-refractivity contribution in [1.29, 1.82) is 0 Å². The van der Waals surface area contributed by atoms with Crippen LogP contribution in [0.15, 0.2) is 23.2 Å². The molecule has 1 atom stereocenters. The zero-order valence-corrected chi connectivity index (χ0v) is 18.3. The first-order valence-electron chi connectivity index (χ1n) is 10.5. The molecule has 0 aliphatic heterocycles. The summed E-state index contributed by atoms with van der Waals surface area (Å²) in [6, 6.07) is 5.94. The van der Waals surface area contributed by atoms with Gasteiger partial charge in [0.25, 0.3) is 0 Å². The molecule has 1 rings (SSSR count). The summed E-state index contributed by atoms with van der Waals surface area (Å²) in [6.07, 6.45) is 2.85. The molecule has 0 amide bonds. The van der Waals surface area contributed by atoms with Crippen LogP contribution >= 0.6 is 0 Å².